The zero-order valence-corrected chi connectivity index (χ0v) is 19.3. The molecule has 0 aliphatic heterocycles. The fourth-order valence-corrected chi connectivity index (χ4v) is 3.28. The minimum absolute atomic E-state index is 0. The van der Waals surface area contributed by atoms with Crippen LogP contribution in [0.5, 0.6) is 0 Å². The molecule has 1 saturated carbocycles. The van der Waals surface area contributed by atoms with E-state index in [9.17, 15) is 5.11 Å². The molecule has 3 N–H and O–H groups in total. The van der Waals surface area contributed by atoms with Gasteiger partial charge in [-0.3, -0.25) is 0 Å². The highest BCUT2D eigenvalue weighted by Crippen LogP contribution is 2.34. The molecule has 1 aromatic rings. The van der Waals surface area contributed by atoms with Crippen molar-refractivity contribution in [2.24, 2.45) is 10.9 Å². The number of aliphatic imine (C=N–C) groups is 1. The monoisotopic (exact) mass is 478 g/mol. The maximum absolute atomic E-state index is 10.8. The molecule has 1 aromatic heterocycles. The van der Waals surface area contributed by atoms with Gasteiger partial charge in [-0.05, 0) is 66.6 Å². The minimum Gasteiger partial charge on any atom is -0.466 e. The van der Waals surface area contributed by atoms with Gasteiger partial charge in [0.05, 0.1) is 6.54 Å². The van der Waals surface area contributed by atoms with Crippen molar-refractivity contribution >= 4 is 29.9 Å². The smallest absolute Gasteiger partial charge is 0.191 e. The summed E-state index contributed by atoms with van der Waals surface area (Å²) in [7, 11) is 4.26. The van der Waals surface area contributed by atoms with Gasteiger partial charge in [-0.25, -0.2) is 4.99 Å². The number of guanidine groups is 1. The van der Waals surface area contributed by atoms with E-state index in [4.69, 9.17) is 4.42 Å². The first-order chi connectivity index (χ1) is 11.7. The first kappa shape index (κ1) is 23.2. The van der Waals surface area contributed by atoms with Crippen LogP contribution in [0, 0.1) is 19.8 Å². The lowest BCUT2D eigenvalue weighted by Crippen LogP contribution is -2.46. The highest BCUT2D eigenvalue weighted by Gasteiger charge is 2.32. The second-order valence-electron chi connectivity index (χ2n) is 7.55. The molecule has 1 heterocycles. The SMILES string of the molecule is CCNC(=NCC(C)(O)c1cc(C)oc1C)NCC(C1CC1)N(C)C.I. The third-order valence-corrected chi connectivity index (χ3v) is 4.82. The molecule has 26 heavy (non-hydrogen) atoms. The van der Waals surface area contributed by atoms with Gasteiger partial charge < -0.3 is 25.1 Å². The largest absolute Gasteiger partial charge is 0.466 e. The van der Waals surface area contributed by atoms with Crippen LogP contribution in [-0.2, 0) is 5.60 Å². The normalized spacial score (nSPS) is 18.2. The summed E-state index contributed by atoms with van der Waals surface area (Å²) in [5.41, 5.74) is -0.254. The predicted octanol–water partition coefficient (Wildman–Crippen LogP) is 2.62. The van der Waals surface area contributed by atoms with E-state index < -0.39 is 5.60 Å². The van der Waals surface area contributed by atoms with E-state index in [-0.39, 0.29) is 30.5 Å². The van der Waals surface area contributed by atoms with E-state index in [0.717, 1.165) is 42.1 Å². The lowest BCUT2D eigenvalue weighted by atomic mass is 9.96. The van der Waals surface area contributed by atoms with E-state index in [2.05, 4.69) is 34.6 Å². The van der Waals surface area contributed by atoms with Crippen LogP contribution in [0.15, 0.2) is 15.5 Å². The van der Waals surface area contributed by atoms with Gasteiger partial charge in [0, 0.05) is 24.7 Å². The summed E-state index contributed by atoms with van der Waals surface area (Å²) in [6.07, 6.45) is 2.62. The fourth-order valence-electron chi connectivity index (χ4n) is 3.28. The minimum atomic E-state index is -1.05. The maximum atomic E-state index is 10.8. The van der Waals surface area contributed by atoms with Crippen molar-refractivity contribution in [2.75, 3.05) is 33.7 Å². The van der Waals surface area contributed by atoms with E-state index in [1.807, 2.05) is 26.8 Å². The van der Waals surface area contributed by atoms with Gasteiger partial charge in [-0.2, -0.15) is 0 Å². The molecule has 7 heteroatoms. The van der Waals surface area contributed by atoms with Crippen molar-refractivity contribution in [3.8, 4) is 0 Å². The average Bonchev–Trinajstić information content (AvgIpc) is 3.28. The third kappa shape index (κ3) is 6.42. The second kappa shape index (κ2) is 9.94. The summed E-state index contributed by atoms with van der Waals surface area (Å²) < 4.78 is 5.55. The van der Waals surface area contributed by atoms with E-state index in [1.54, 1.807) is 6.92 Å². The Morgan fingerprint density at radius 1 is 1.38 bits per heavy atom. The molecule has 0 bridgehead atoms. The number of aryl methyl sites for hydroxylation is 2. The number of likely N-dealkylation sites (N-methyl/N-ethyl adjacent to an activating group) is 1. The van der Waals surface area contributed by atoms with Gasteiger partial charge in [0.2, 0.25) is 0 Å². The summed E-state index contributed by atoms with van der Waals surface area (Å²) >= 11 is 0. The Hall–Kier alpha value is -0.800. The predicted molar refractivity (Wildman–Crippen MR) is 117 cm³/mol. The Morgan fingerprint density at radius 2 is 2.04 bits per heavy atom. The van der Waals surface area contributed by atoms with Crippen LogP contribution < -0.4 is 10.6 Å². The van der Waals surface area contributed by atoms with Gasteiger partial charge >= 0.3 is 0 Å². The van der Waals surface area contributed by atoms with Crippen molar-refractivity contribution in [1.29, 1.82) is 0 Å². The molecular weight excluding hydrogens is 443 g/mol. The molecule has 6 nitrogen and oxygen atoms in total. The van der Waals surface area contributed by atoms with E-state index >= 15 is 0 Å². The quantitative estimate of drug-likeness (QED) is 0.305. The topological polar surface area (TPSA) is 73.0 Å². The molecule has 150 valence electrons. The van der Waals surface area contributed by atoms with Crippen molar-refractivity contribution in [1.82, 2.24) is 15.5 Å². The molecule has 2 rings (SSSR count). The number of furan rings is 1. The van der Waals surface area contributed by atoms with Crippen molar-refractivity contribution < 1.29 is 9.52 Å². The number of nitrogens with one attached hydrogen (secondary N) is 2. The molecule has 1 aliphatic carbocycles. The fraction of sp³-hybridized carbons (Fsp3) is 0.737. The Morgan fingerprint density at radius 3 is 2.50 bits per heavy atom. The summed E-state index contributed by atoms with van der Waals surface area (Å²) in [6, 6.07) is 2.41. The molecule has 0 amide bonds. The number of aliphatic hydroxyl groups is 1. The van der Waals surface area contributed by atoms with Crippen molar-refractivity contribution in [3.63, 3.8) is 0 Å². The molecule has 0 spiro atoms. The summed E-state index contributed by atoms with van der Waals surface area (Å²) in [4.78, 5) is 6.89. The van der Waals surface area contributed by atoms with Crippen LogP contribution in [0.1, 0.15) is 43.8 Å². The van der Waals surface area contributed by atoms with Crippen LogP contribution in [-0.4, -0.2) is 55.7 Å². The van der Waals surface area contributed by atoms with Gasteiger partial charge in [-0.1, -0.05) is 0 Å². The highest BCUT2D eigenvalue weighted by molar-refractivity contribution is 14.0. The van der Waals surface area contributed by atoms with Crippen LogP contribution >= 0.6 is 24.0 Å². The average molecular weight is 478 g/mol. The van der Waals surface area contributed by atoms with Crippen molar-refractivity contribution in [3.05, 3.63) is 23.2 Å². The summed E-state index contributed by atoms with van der Waals surface area (Å²) in [5.74, 6) is 3.08. The molecule has 2 unspecified atom stereocenters. The lowest BCUT2D eigenvalue weighted by molar-refractivity contribution is 0.0657. The Bertz CT molecular complexity index is 592. The number of hydrogen-bond donors (Lipinski definition) is 3. The zero-order chi connectivity index (χ0) is 18.6. The van der Waals surface area contributed by atoms with Crippen LogP contribution in [0.3, 0.4) is 0 Å². The molecule has 0 aromatic carbocycles. The number of rotatable bonds is 8. The molecule has 2 atom stereocenters. The first-order valence-electron chi connectivity index (χ1n) is 9.23. The van der Waals surface area contributed by atoms with Gasteiger partial charge in [0.15, 0.2) is 5.96 Å². The van der Waals surface area contributed by atoms with E-state index in [1.165, 1.54) is 12.8 Å². The molecule has 1 fully saturated rings. The first-order valence-corrected chi connectivity index (χ1v) is 9.23. The number of halogens is 1. The third-order valence-electron chi connectivity index (χ3n) is 4.82. The maximum Gasteiger partial charge on any atom is 0.191 e. The Kier molecular flexibility index (Phi) is 8.88. The molecular formula is C19H35IN4O2. The van der Waals surface area contributed by atoms with Crippen LogP contribution in [0.4, 0.5) is 0 Å². The second-order valence-corrected chi connectivity index (χ2v) is 7.55. The number of nitrogens with zero attached hydrogens (tertiary/aromatic N) is 2. The highest BCUT2D eigenvalue weighted by atomic mass is 127. The Balaban J connectivity index is 0.00000338. The Labute approximate surface area is 174 Å². The van der Waals surface area contributed by atoms with Gasteiger partial charge in [0.1, 0.15) is 17.1 Å². The van der Waals surface area contributed by atoms with Crippen molar-refractivity contribution in [2.45, 2.75) is 52.2 Å². The summed E-state index contributed by atoms with van der Waals surface area (Å²) in [6.45, 7) is 9.51. The molecule has 0 radical (unpaired) electrons. The lowest BCUT2D eigenvalue weighted by Gasteiger charge is -2.26. The van der Waals surface area contributed by atoms with Gasteiger partial charge in [0.25, 0.3) is 0 Å². The van der Waals surface area contributed by atoms with Crippen LogP contribution in [0.2, 0.25) is 0 Å². The molecule has 0 saturated heterocycles. The molecule has 1 aliphatic rings. The van der Waals surface area contributed by atoms with Crippen LogP contribution in [0.25, 0.3) is 0 Å². The summed E-state index contributed by atoms with van der Waals surface area (Å²) in [5, 5.41) is 17.5. The van der Waals surface area contributed by atoms with E-state index in [0.29, 0.717) is 6.04 Å². The van der Waals surface area contributed by atoms with Gasteiger partial charge in [-0.15, -0.1) is 24.0 Å². The number of hydrogen-bond acceptors (Lipinski definition) is 4. The zero-order valence-electron chi connectivity index (χ0n) is 16.9. The standard InChI is InChI=1S/C19H34N4O2.HI/c1-7-20-18(21-11-17(23(5)6)15-8-9-15)22-12-19(4,24)16-10-13(2)25-14(16)3;/h10,15,17,24H,7-9,11-12H2,1-6H3,(H2,20,21,22);1H.